The standard InChI is InChI=1S/C13H22N4O2S/c1-11(17-7-3-2-4-8-17)9-16-20(18,19)13-10-15-6-5-12(13)14/h5-6,10-11,16H,2-4,7-9H2,1H3,(H2,14,15). The Balaban J connectivity index is 1.97. The minimum absolute atomic E-state index is 0.0471. The van der Waals surface area contributed by atoms with Gasteiger partial charge in [0.25, 0.3) is 0 Å². The summed E-state index contributed by atoms with van der Waals surface area (Å²) < 4.78 is 27.0. The van der Waals surface area contributed by atoms with E-state index in [9.17, 15) is 8.42 Å². The van der Waals surface area contributed by atoms with Crippen molar-refractivity contribution in [3.05, 3.63) is 18.5 Å². The monoisotopic (exact) mass is 298 g/mol. The molecular weight excluding hydrogens is 276 g/mol. The summed E-state index contributed by atoms with van der Waals surface area (Å²) in [6, 6.07) is 1.67. The van der Waals surface area contributed by atoms with Crippen molar-refractivity contribution in [2.24, 2.45) is 0 Å². The number of sulfonamides is 1. The van der Waals surface area contributed by atoms with Crippen molar-refractivity contribution < 1.29 is 8.42 Å². The van der Waals surface area contributed by atoms with E-state index in [0.717, 1.165) is 13.1 Å². The zero-order valence-corrected chi connectivity index (χ0v) is 12.6. The summed E-state index contributed by atoms with van der Waals surface area (Å²) in [7, 11) is -3.59. The van der Waals surface area contributed by atoms with Gasteiger partial charge in [0.05, 0.1) is 5.69 Å². The number of nitrogen functional groups attached to an aromatic ring is 1. The largest absolute Gasteiger partial charge is 0.398 e. The summed E-state index contributed by atoms with van der Waals surface area (Å²) in [5, 5.41) is 0. The molecule has 20 heavy (non-hydrogen) atoms. The number of anilines is 1. The van der Waals surface area contributed by atoms with Crippen LogP contribution in [0.1, 0.15) is 26.2 Å². The molecule has 2 rings (SSSR count). The second-order valence-corrected chi connectivity index (χ2v) is 6.95. The van der Waals surface area contributed by atoms with Gasteiger partial charge in [0.15, 0.2) is 0 Å². The fraction of sp³-hybridized carbons (Fsp3) is 0.615. The normalized spacial score (nSPS) is 18.9. The lowest BCUT2D eigenvalue weighted by atomic mass is 10.1. The number of piperidine rings is 1. The molecule has 1 aromatic rings. The lowest BCUT2D eigenvalue weighted by molar-refractivity contribution is 0.175. The molecule has 1 unspecified atom stereocenters. The molecule has 6 nitrogen and oxygen atoms in total. The van der Waals surface area contributed by atoms with Crippen LogP contribution in [0.5, 0.6) is 0 Å². The van der Waals surface area contributed by atoms with Crippen LogP contribution in [-0.4, -0.2) is 44.0 Å². The zero-order chi connectivity index (χ0) is 14.6. The molecule has 1 aromatic heterocycles. The molecule has 1 fully saturated rings. The summed E-state index contributed by atoms with van der Waals surface area (Å²) in [6.45, 7) is 4.51. The molecule has 1 aliphatic heterocycles. The lowest BCUT2D eigenvalue weighted by Crippen LogP contribution is -2.44. The Morgan fingerprint density at radius 3 is 2.75 bits per heavy atom. The highest BCUT2D eigenvalue weighted by Gasteiger charge is 2.21. The predicted octanol–water partition coefficient (Wildman–Crippen LogP) is 0.816. The van der Waals surface area contributed by atoms with E-state index in [1.54, 1.807) is 0 Å². The van der Waals surface area contributed by atoms with E-state index in [1.807, 2.05) is 6.92 Å². The Labute approximate surface area is 120 Å². The topological polar surface area (TPSA) is 88.3 Å². The summed E-state index contributed by atoms with van der Waals surface area (Å²) in [4.78, 5) is 6.18. The molecule has 112 valence electrons. The second kappa shape index (κ2) is 6.51. The van der Waals surface area contributed by atoms with Crippen LogP contribution in [0.3, 0.4) is 0 Å². The summed E-state index contributed by atoms with van der Waals surface area (Å²) >= 11 is 0. The van der Waals surface area contributed by atoms with Crippen LogP contribution in [0.2, 0.25) is 0 Å². The number of aromatic nitrogens is 1. The fourth-order valence-corrected chi connectivity index (χ4v) is 3.61. The van der Waals surface area contributed by atoms with E-state index in [0.29, 0.717) is 6.54 Å². The van der Waals surface area contributed by atoms with E-state index < -0.39 is 10.0 Å². The highest BCUT2D eigenvalue weighted by Crippen LogP contribution is 2.16. The van der Waals surface area contributed by atoms with Crippen molar-refractivity contribution in [2.45, 2.75) is 37.1 Å². The Bertz CT molecular complexity index is 541. The zero-order valence-electron chi connectivity index (χ0n) is 11.7. The van der Waals surface area contributed by atoms with E-state index in [1.165, 1.54) is 37.7 Å². The number of hydrogen-bond acceptors (Lipinski definition) is 5. The van der Waals surface area contributed by atoms with Gasteiger partial charge < -0.3 is 5.73 Å². The van der Waals surface area contributed by atoms with Gasteiger partial charge in [-0.05, 0) is 38.9 Å². The van der Waals surface area contributed by atoms with Gasteiger partial charge in [-0.2, -0.15) is 0 Å². The van der Waals surface area contributed by atoms with E-state index in [-0.39, 0.29) is 16.6 Å². The third-order valence-corrected chi connectivity index (χ3v) is 5.16. The van der Waals surface area contributed by atoms with Crippen LogP contribution < -0.4 is 10.5 Å². The molecule has 0 aromatic carbocycles. The Kier molecular flexibility index (Phi) is 4.95. The number of likely N-dealkylation sites (tertiary alicyclic amines) is 1. The first-order chi connectivity index (χ1) is 9.50. The van der Waals surface area contributed by atoms with Gasteiger partial charge in [-0.1, -0.05) is 6.42 Å². The van der Waals surface area contributed by atoms with Crippen molar-refractivity contribution in [1.29, 1.82) is 0 Å². The van der Waals surface area contributed by atoms with E-state index in [4.69, 9.17) is 5.73 Å². The quantitative estimate of drug-likeness (QED) is 0.840. The number of nitrogens with two attached hydrogens (primary N) is 1. The van der Waals surface area contributed by atoms with Gasteiger partial charge in [-0.15, -0.1) is 0 Å². The van der Waals surface area contributed by atoms with Gasteiger partial charge >= 0.3 is 0 Å². The third kappa shape index (κ3) is 3.68. The molecule has 0 spiro atoms. The van der Waals surface area contributed by atoms with Gasteiger partial charge in [-0.25, -0.2) is 13.1 Å². The number of rotatable bonds is 5. The Morgan fingerprint density at radius 1 is 1.40 bits per heavy atom. The predicted molar refractivity (Wildman–Crippen MR) is 78.7 cm³/mol. The highest BCUT2D eigenvalue weighted by molar-refractivity contribution is 7.89. The van der Waals surface area contributed by atoms with E-state index >= 15 is 0 Å². The van der Waals surface area contributed by atoms with Crippen molar-refractivity contribution in [3.8, 4) is 0 Å². The fourth-order valence-electron chi connectivity index (χ4n) is 2.41. The molecular formula is C13H22N4O2S. The Hall–Kier alpha value is -1.18. The maximum atomic E-state index is 12.2. The third-order valence-electron chi connectivity index (χ3n) is 3.69. The Morgan fingerprint density at radius 2 is 2.10 bits per heavy atom. The van der Waals surface area contributed by atoms with Crippen LogP contribution in [0, 0.1) is 0 Å². The number of pyridine rings is 1. The molecule has 0 saturated carbocycles. The molecule has 7 heteroatoms. The van der Waals surface area contributed by atoms with Gasteiger partial charge in [-0.3, -0.25) is 9.88 Å². The molecule has 0 radical (unpaired) electrons. The highest BCUT2D eigenvalue weighted by atomic mass is 32.2. The average Bonchev–Trinajstić information content (AvgIpc) is 2.46. The summed E-state index contributed by atoms with van der Waals surface area (Å²) in [5.41, 5.74) is 5.91. The van der Waals surface area contributed by atoms with E-state index in [2.05, 4.69) is 14.6 Å². The molecule has 1 atom stereocenters. The second-order valence-electron chi connectivity index (χ2n) is 5.21. The van der Waals surface area contributed by atoms with Crippen LogP contribution >= 0.6 is 0 Å². The first-order valence-electron chi connectivity index (χ1n) is 6.94. The first kappa shape index (κ1) is 15.2. The molecule has 2 heterocycles. The van der Waals surface area contributed by atoms with Crippen molar-refractivity contribution in [3.63, 3.8) is 0 Å². The molecule has 0 bridgehead atoms. The summed E-state index contributed by atoms with van der Waals surface area (Å²) in [6.07, 6.45) is 6.40. The summed E-state index contributed by atoms with van der Waals surface area (Å²) in [5.74, 6) is 0. The molecule has 0 aliphatic carbocycles. The SMILES string of the molecule is CC(CNS(=O)(=O)c1cnccc1N)N1CCCCC1. The van der Waals surface area contributed by atoms with Crippen molar-refractivity contribution in [1.82, 2.24) is 14.6 Å². The van der Waals surface area contributed by atoms with Crippen LogP contribution in [0.4, 0.5) is 5.69 Å². The smallest absolute Gasteiger partial charge is 0.244 e. The van der Waals surface area contributed by atoms with Gasteiger partial charge in [0.1, 0.15) is 4.90 Å². The number of hydrogen-bond donors (Lipinski definition) is 2. The number of nitrogens with one attached hydrogen (secondary N) is 1. The molecule has 0 amide bonds. The number of nitrogens with zero attached hydrogens (tertiary/aromatic N) is 2. The van der Waals surface area contributed by atoms with Crippen molar-refractivity contribution >= 4 is 15.7 Å². The lowest BCUT2D eigenvalue weighted by Gasteiger charge is -2.32. The minimum atomic E-state index is -3.59. The minimum Gasteiger partial charge on any atom is -0.398 e. The van der Waals surface area contributed by atoms with Crippen LogP contribution in [-0.2, 0) is 10.0 Å². The first-order valence-corrected chi connectivity index (χ1v) is 8.42. The molecule has 1 saturated heterocycles. The molecule has 3 N–H and O–H groups in total. The van der Waals surface area contributed by atoms with Crippen molar-refractivity contribution in [2.75, 3.05) is 25.4 Å². The molecule has 1 aliphatic rings. The van der Waals surface area contributed by atoms with Gasteiger partial charge in [0, 0.05) is 25.0 Å². The van der Waals surface area contributed by atoms with Crippen LogP contribution in [0.25, 0.3) is 0 Å². The van der Waals surface area contributed by atoms with Gasteiger partial charge in [0.2, 0.25) is 10.0 Å². The maximum absolute atomic E-state index is 12.2. The van der Waals surface area contributed by atoms with Crippen LogP contribution in [0.15, 0.2) is 23.4 Å². The average molecular weight is 298 g/mol. The maximum Gasteiger partial charge on any atom is 0.244 e.